The molecule has 0 atom stereocenters. The normalized spacial score (nSPS) is 10.2. The van der Waals surface area contributed by atoms with Crippen molar-refractivity contribution in [3.8, 4) is 0 Å². The van der Waals surface area contributed by atoms with E-state index in [1.807, 2.05) is 25.1 Å². The molecule has 110 valence electrons. The van der Waals surface area contributed by atoms with Gasteiger partial charge in [-0.15, -0.1) is 0 Å². The lowest BCUT2D eigenvalue weighted by Gasteiger charge is -2.14. The lowest BCUT2D eigenvalue weighted by atomic mass is 10.1. The Balaban J connectivity index is 2.31. The van der Waals surface area contributed by atoms with Crippen molar-refractivity contribution in [1.82, 2.24) is 5.32 Å². The predicted molar refractivity (Wildman–Crippen MR) is 88.0 cm³/mol. The second-order valence-electron chi connectivity index (χ2n) is 4.80. The summed E-state index contributed by atoms with van der Waals surface area (Å²) in [6.45, 7) is 4.60. The first kappa shape index (κ1) is 14.9. The van der Waals surface area contributed by atoms with Crippen LogP contribution in [-0.2, 0) is 6.42 Å². The van der Waals surface area contributed by atoms with E-state index >= 15 is 0 Å². The molecule has 0 saturated heterocycles. The summed E-state index contributed by atoms with van der Waals surface area (Å²) in [7, 11) is 0. The van der Waals surface area contributed by atoms with E-state index in [1.54, 1.807) is 18.2 Å². The lowest BCUT2D eigenvalue weighted by molar-refractivity contribution is 0.0956. The number of nitrogens with two attached hydrogens (primary N) is 1. The number of carbonyl (C=O) groups is 1. The zero-order valence-electron chi connectivity index (χ0n) is 12.4. The van der Waals surface area contributed by atoms with E-state index in [0.29, 0.717) is 17.8 Å². The summed E-state index contributed by atoms with van der Waals surface area (Å²) in [5, 5.41) is 6.11. The third-order valence-corrected chi connectivity index (χ3v) is 3.32. The Morgan fingerprint density at radius 1 is 1.10 bits per heavy atom. The zero-order chi connectivity index (χ0) is 15.2. The van der Waals surface area contributed by atoms with Crippen LogP contribution >= 0.6 is 0 Å². The summed E-state index contributed by atoms with van der Waals surface area (Å²) in [5.74, 6) is -0.0932. The number of hydrogen-bond acceptors (Lipinski definition) is 3. The van der Waals surface area contributed by atoms with Gasteiger partial charge in [0.2, 0.25) is 0 Å². The van der Waals surface area contributed by atoms with E-state index in [9.17, 15) is 4.79 Å². The maximum Gasteiger partial charge on any atom is 0.251 e. The molecule has 0 spiro atoms. The molecule has 0 bridgehead atoms. The molecule has 0 aromatic heterocycles. The summed E-state index contributed by atoms with van der Waals surface area (Å²) >= 11 is 0. The molecule has 4 nitrogen and oxygen atoms in total. The molecule has 4 heteroatoms. The molecule has 0 heterocycles. The van der Waals surface area contributed by atoms with Gasteiger partial charge in [0.15, 0.2) is 0 Å². The van der Waals surface area contributed by atoms with Gasteiger partial charge in [0.1, 0.15) is 0 Å². The van der Waals surface area contributed by atoms with Gasteiger partial charge in [0.25, 0.3) is 5.91 Å². The SMILES string of the molecule is CCNC(=O)c1ccc(N)c(Nc2ccccc2CC)c1. The van der Waals surface area contributed by atoms with E-state index in [0.717, 1.165) is 17.8 Å². The van der Waals surface area contributed by atoms with E-state index in [4.69, 9.17) is 5.73 Å². The van der Waals surface area contributed by atoms with Gasteiger partial charge in [-0.3, -0.25) is 4.79 Å². The van der Waals surface area contributed by atoms with Crippen LogP contribution in [0.5, 0.6) is 0 Å². The van der Waals surface area contributed by atoms with Crippen molar-refractivity contribution >= 4 is 23.0 Å². The van der Waals surface area contributed by atoms with Crippen LogP contribution in [0.1, 0.15) is 29.8 Å². The van der Waals surface area contributed by atoms with Gasteiger partial charge in [0.05, 0.1) is 11.4 Å². The molecule has 2 rings (SSSR count). The smallest absolute Gasteiger partial charge is 0.251 e. The number of aryl methyl sites for hydroxylation is 1. The number of rotatable bonds is 5. The van der Waals surface area contributed by atoms with Crippen molar-refractivity contribution in [3.05, 3.63) is 53.6 Å². The maximum atomic E-state index is 11.9. The van der Waals surface area contributed by atoms with Crippen molar-refractivity contribution in [2.24, 2.45) is 0 Å². The summed E-state index contributed by atoms with van der Waals surface area (Å²) in [6, 6.07) is 13.3. The van der Waals surface area contributed by atoms with Crippen LogP contribution in [0.4, 0.5) is 17.1 Å². The highest BCUT2D eigenvalue weighted by Gasteiger charge is 2.09. The Morgan fingerprint density at radius 2 is 1.86 bits per heavy atom. The van der Waals surface area contributed by atoms with Crippen LogP contribution in [0.2, 0.25) is 0 Å². The summed E-state index contributed by atoms with van der Waals surface area (Å²) in [6.07, 6.45) is 0.930. The topological polar surface area (TPSA) is 67.2 Å². The molecule has 0 radical (unpaired) electrons. The Bertz CT molecular complexity index is 638. The highest BCUT2D eigenvalue weighted by Crippen LogP contribution is 2.26. The fourth-order valence-corrected chi connectivity index (χ4v) is 2.16. The quantitative estimate of drug-likeness (QED) is 0.737. The minimum absolute atomic E-state index is 0.0932. The molecule has 2 aromatic rings. The highest BCUT2D eigenvalue weighted by molar-refractivity contribution is 5.96. The van der Waals surface area contributed by atoms with Gasteiger partial charge in [-0.05, 0) is 43.2 Å². The Labute approximate surface area is 125 Å². The third-order valence-electron chi connectivity index (χ3n) is 3.32. The molecular weight excluding hydrogens is 262 g/mol. The van der Waals surface area contributed by atoms with Crippen LogP contribution in [0, 0.1) is 0 Å². The van der Waals surface area contributed by atoms with Crippen molar-refractivity contribution in [2.75, 3.05) is 17.6 Å². The number of benzene rings is 2. The van der Waals surface area contributed by atoms with E-state index in [1.165, 1.54) is 5.56 Å². The predicted octanol–water partition coefficient (Wildman–Crippen LogP) is 3.32. The minimum Gasteiger partial charge on any atom is -0.397 e. The monoisotopic (exact) mass is 283 g/mol. The molecule has 0 fully saturated rings. The number of nitrogen functional groups attached to an aromatic ring is 1. The van der Waals surface area contributed by atoms with Crippen LogP contribution in [0.15, 0.2) is 42.5 Å². The first-order valence-corrected chi connectivity index (χ1v) is 7.18. The van der Waals surface area contributed by atoms with Crippen molar-refractivity contribution in [3.63, 3.8) is 0 Å². The molecular formula is C17H21N3O. The van der Waals surface area contributed by atoms with Crippen molar-refractivity contribution in [1.29, 1.82) is 0 Å². The molecule has 0 aliphatic carbocycles. The fraction of sp³-hybridized carbons (Fsp3) is 0.235. The standard InChI is InChI=1S/C17H21N3O/c1-3-12-7-5-6-8-15(12)20-16-11-13(9-10-14(16)18)17(21)19-4-2/h5-11,20H,3-4,18H2,1-2H3,(H,19,21). The number of amides is 1. The fourth-order valence-electron chi connectivity index (χ4n) is 2.16. The van der Waals surface area contributed by atoms with E-state index < -0.39 is 0 Å². The molecule has 0 aliphatic heterocycles. The average molecular weight is 283 g/mol. The van der Waals surface area contributed by atoms with Gasteiger partial charge < -0.3 is 16.4 Å². The number of nitrogens with one attached hydrogen (secondary N) is 2. The van der Waals surface area contributed by atoms with Crippen molar-refractivity contribution < 1.29 is 4.79 Å². The van der Waals surface area contributed by atoms with E-state index in [2.05, 4.69) is 23.6 Å². The number of para-hydroxylation sites is 1. The zero-order valence-corrected chi connectivity index (χ0v) is 12.4. The van der Waals surface area contributed by atoms with Crippen LogP contribution in [-0.4, -0.2) is 12.5 Å². The van der Waals surface area contributed by atoms with Gasteiger partial charge in [-0.25, -0.2) is 0 Å². The Kier molecular flexibility index (Phi) is 4.82. The second kappa shape index (κ2) is 6.79. The van der Waals surface area contributed by atoms with Crippen molar-refractivity contribution in [2.45, 2.75) is 20.3 Å². The first-order chi connectivity index (χ1) is 10.2. The van der Waals surface area contributed by atoms with Gasteiger partial charge >= 0.3 is 0 Å². The van der Waals surface area contributed by atoms with Gasteiger partial charge in [-0.2, -0.15) is 0 Å². The third kappa shape index (κ3) is 3.54. The number of hydrogen-bond donors (Lipinski definition) is 3. The second-order valence-corrected chi connectivity index (χ2v) is 4.80. The molecule has 0 unspecified atom stereocenters. The Hall–Kier alpha value is -2.49. The molecule has 0 aliphatic rings. The lowest BCUT2D eigenvalue weighted by Crippen LogP contribution is -2.22. The minimum atomic E-state index is -0.0932. The molecule has 0 saturated carbocycles. The Morgan fingerprint density at radius 3 is 2.57 bits per heavy atom. The average Bonchev–Trinajstić information content (AvgIpc) is 2.50. The van der Waals surface area contributed by atoms with Crippen LogP contribution in [0.25, 0.3) is 0 Å². The highest BCUT2D eigenvalue weighted by atomic mass is 16.1. The first-order valence-electron chi connectivity index (χ1n) is 7.18. The molecule has 2 aromatic carbocycles. The number of carbonyl (C=O) groups excluding carboxylic acids is 1. The van der Waals surface area contributed by atoms with Crippen LogP contribution < -0.4 is 16.4 Å². The molecule has 4 N–H and O–H groups in total. The van der Waals surface area contributed by atoms with E-state index in [-0.39, 0.29) is 5.91 Å². The summed E-state index contributed by atoms with van der Waals surface area (Å²) in [4.78, 5) is 11.9. The summed E-state index contributed by atoms with van der Waals surface area (Å²) in [5.41, 5.74) is 10.2. The van der Waals surface area contributed by atoms with Crippen LogP contribution in [0.3, 0.4) is 0 Å². The van der Waals surface area contributed by atoms with Gasteiger partial charge in [0, 0.05) is 17.8 Å². The maximum absolute atomic E-state index is 11.9. The number of anilines is 3. The largest absolute Gasteiger partial charge is 0.397 e. The molecule has 21 heavy (non-hydrogen) atoms. The van der Waals surface area contributed by atoms with Gasteiger partial charge in [-0.1, -0.05) is 25.1 Å². The molecule has 1 amide bonds. The summed E-state index contributed by atoms with van der Waals surface area (Å²) < 4.78 is 0.